The van der Waals surface area contributed by atoms with Crippen molar-refractivity contribution in [1.29, 1.82) is 0 Å². The van der Waals surface area contributed by atoms with E-state index in [1.807, 2.05) is 45.0 Å². The van der Waals surface area contributed by atoms with Gasteiger partial charge in [0.2, 0.25) is 0 Å². The predicted molar refractivity (Wildman–Crippen MR) is 79.7 cm³/mol. The summed E-state index contributed by atoms with van der Waals surface area (Å²) in [7, 11) is 0. The van der Waals surface area contributed by atoms with E-state index in [-0.39, 0.29) is 5.41 Å². The molecule has 108 valence electrons. The Hall–Kier alpha value is -1.39. The van der Waals surface area contributed by atoms with Crippen LogP contribution in [0.2, 0.25) is 5.02 Å². The molecular weight excluding hydrogens is 274 g/mol. The van der Waals surface area contributed by atoms with Crippen LogP contribution in [-0.4, -0.2) is 26.0 Å². The maximum absolute atomic E-state index is 10.1. The summed E-state index contributed by atoms with van der Waals surface area (Å²) in [5.41, 5.74) is 0.950. The van der Waals surface area contributed by atoms with Gasteiger partial charge >= 0.3 is 0 Å². The lowest BCUT2D eigenvalue weighted by Crippen LogP contribution is -2.30. The molecule has 0 amide bonds. The van der Waals surface area contributed by atoms with Gasteiger partial charge in [0, 0.05) is 11.4 Å². The SMILES string of the molecule is CC(C)(C)C(O)Cn1cnc(Cc2ccc(Cl)cc2)n1. The van der Waals surface area contributed by atoms with E-state index < -0.39 is 6.10 Å². The Morgan fingerprint density at radius 1 is 1.25 bits per heavy atom. The fourth-order valence-electron chi connectivity index (χ4n) is 1.74. The number of nitrogens with zero attached hydrogens (tertiary/aromatic N) is 3. The zero-order valence-corrected chi connectivity index (χ0v) is 12.8. The zero-order chi connectivity index (χ0) is 14.8. The summed E-state index contributed by atoms with van der Waals surface area (Å²) in [4.78, 5) is 4.28. The van der Waals surface area contributed by atoms with Crippen LogP contribution in [0, 0.1) is 5.41 Å². The Kier molecular flexibility index (Phi) is 4.45. The van der Waals surface area contributed by atoms with Crippen LogP contribution >= 0.6 is 11.6 Å². The van der Waals surface area contributed by atoms with Crippen LogP contribution in [0.5, 0.6) is 0 Å². The molecule has 0 saturated carbocycles. The van der Waals surface area contributed by atoms with E-state index in [2.05, 4.69) is 10.1 Å². The highest BCUT2D eigenvalue weighted by atomic mass is 35.5. The highest BCUT2D eigenvalue weighted by Gasteiger charge is 2.22. The molecule has 1 N–H and O–H groups in total. The lowest BCUT2D eigenvalue weighted by atomic mass is 9.89. The lowest BCUT2D eigenvalue weighted by molar-refractivity contribution is 0.0449. The second-order valence-electron chi connectivity index (χ2n) is 6.07. The number of aromatic nitrogens is 3. The minimum absolute atomic E-state index is 0.164. The van der Waals surface area contributed by atoms with Crippen molar-refractivity contribution < 1.29 is 5.11 Å². The minimum atomic E-state index is -0.451. The highest BCUT2D eigenvalue weighted by Crippen LogP contribution is 2.20. The summed E-state index contributed by atoms with van der Waals surface area (Å²) in [6.07, 6.45) is 1.88. The number of rotatable bonds is 4. The van der Waals surface area contributed by atoms with Crippen LogP contribution in [0.4, 0.5) is 0 Å². The average molecular weight is 294 g/mol. The van der Waals surface area contributed by atoms with Crippen molar-refractivity contribution in [3.05, 3.63) is 47.0 Å². The van der Waals surface area contributed by atoms with Crippen molar-refractivity contribution >= 4 is 11.6 Å². The molecule has 2 aromatic rings. The van der Waals surface area contributed by atoms with E-state index in [0.29, 0.717) is 13.0 Å². The monoisotopic (exact) mass is 293 g/mol. The van der Waals surface area contributed by atoms with Gasteiger partial charge in [-0.15, -0.1) is 0 Å². The molecule has 0 radical (unpaired) electrons. The summed E-state index contributed by atoms with van der Waals surface area (Å²) in [6, 6.07) is 7.65. The third kappa shape index (κ3) is 4.05. The molecule has 1 aromatic heterocycles. The molecule has 2 rings (SSSR count). The normalized spacial score (nSPS) is 13.4. The Balaban J connectivity index is 2.00. The van der Waals surface area contributed by atoms with E-state index in [9.17, 15) is 5.11 Å². The van der Waals surface area contributed by atoms with Gasteiger partial charge < -0.3 is 5.11 Å². The van der Waals surface area contributed by atoms with E-state index in [1.165, 1.54) is 0 Å². The number of benzene rings is 1. The Morgan fingerprint density at radius 2 is 1.90 bits per heavy atom. The minimum Gasteiger partial charge on any atom is -0.391 e. The van der Waals surface area contributed by atoms with Gasteiger partial charge in [-0.05, 0) is 23.1 Å². The molecule has 0 bridgehead atoms. The Bertz CT molecular complexity index is 557. The average Bonchev–Trinajstić information content (AvgIpc) is 2.78. The second kappa shape index (κ2) is 5.94. The van der Waals surface area contributed by atoms with Crippen molar-refractivity contribution in [1.82, 2.24) is 14.8 Å². The maximum Gasteiger partial charge on any atom is 0.154 e. The van der Waals surface area contributed by atoms with Gasteiger partial charge in [0.25, 0.3) is 0 Å². The first-order chi connectivity index (χ1) is 9.34. The zero-order valence-electron chi connectivity index (χ0n) is 12.0. The van der Waals surface area contributed by atoms with Crippen molar-refractivity contribution in [2.45, 2.75) is 39.8 Å². The molecule has 0 aliphatic heterocycles. The highest BCUT2D eigenvalue weighted by molar-refractivity contribution is 6.30. The van der Waals surface area contributed by atoms with Crippen molar-refractivity contribution in [3.63, 3.8) is 0 Å². The van der Waals surface area contributed by atoms with E-state index in [4.69, 9.17) is 11.6 Å². The molecule has 1 unspecified atom stereocenters. The summed E-state index contributed by atoms with van der Waals surface area (Å²) < 4.78 is 1.70. The molecule has 0 spiro atoms. The molecule has 4 nitrogen and oxygen atoms in total. The van der Waals surface area contributed by atoms with Gasteiger partial charge in [0.05, 0.1) is 12.6 Å². The molecule has 0 aliphatic rings. The van der Waals surface area contributed by atoms with Crippen molar-refractivity contribution in [2.75, 3.05) is 0 Å². The fraction of sp³-hybridized carbons (Fsp3) is 0.467. The number of aliphatic hydroxyl groups is 1. The van der Waals surface area contributed by atoms with Crippen LogP contribution in [0.1, 0.15) is 32.2 Å². The Labute approximate surface area is 124 Å². The van der Waals surface area contributed by atoms with E-state index in [0.717, 1.165) is 16.4 Å². The van der Waals surface area contributed by atoms with E-state index in [1.54, 1.807) is 11.0 Å². The molecule has 1 aromatic carbocycles. The first kappa shape index (κ1) is 15.0. The third-order valence-corrected chi connectivity index (χ3v) is 3.47. The van der Waals surface area contributed by atoms with Gasteiger partial charge in [-0.25, -0.2) is 4.98 Å². The topological polar surface area (TPSA) is 50.9 Å². The number of hydrogen-bond acceptors (Lipinski definition) is 3. The first-order valence-corrected chi connectivity index (χ1v) is 7.03. The largest absolute Gasteiger partial charge is 0.391 e. The van der Waals surface area contributed by atoms with Crippen LogP contribution in [-0.2, 0) is 13.0 Å². The molecular formula is C15H20ClN3O. The first-order valence-electron chi connectivity index (χ1n) is 6.65. The molecule has 0 fully saturated rings. The number of halogens is 1. The lowest BCUT2D eigenvalue weighted by Gasteiger charge is -2.25. The van der Waals surface area contributed by atoms with Crippen molar-refractivity contribution in [3.8, 4) is 0 Å². The number of hydrogen-bond donors (Lipinski definition) is 1. The molecule has 1 heterocycles. The fourth-order valence-corrected chi connectivity index (χ4v) is 1.86. The van der Waals surface area contributed by atoms with Crippen LogP contribution < -0.4 is 0 Å². The van der Waals surface area contributed by atoms with Gasteiger partial charge in [-0.1, -0.05) is 44.5 Å². The van der Waals surface area contributed by atoms with Gasteiger partial charge in [-0.3, -0.25) is 4.68 Å². The molecule has 20 heavy (non-hydrogen) atoms. The summed E-state index contributed by atoms with van der Waals surface area (Å²) in [5, 5.41) is 15.2. The molecule has 1 atom stereocenters. The Morgan fingerprint density at radius 3 is 2.50 bits per heavy atom. The van der Waals surface area contributed by atoms with Gasteiger partial charge in [-0.2, -0.15) is 5.10 Å². The summed E-state index contributed by atoms with van der Waals surface area (Å²) in [6.45, 7) is 6.47. The van der Waals surface area contributed by atoms with Crippen LogP contribution in [0.15, 0.2) is 30.6 Å². The van der Waals surface area contributed by atoms with Gasteiger partial charge in [0.15, 0.2) is 5.82 Å². The van der Waals surface area contributed by atoms with E-state index >= 15 is 0 Å². The second-order valence-corrected chi connectivity index (χ2v) is 6.50. The number of aliphatic hydroxyl groups excluding tert-OH is 1. The molecule has 0 aliphatic carbocycles. The van der Waals surface area contributed by atoms with Gasteiger partial charge in [0.1, 0.15) is 6.33 Å². The molecule has 5 heteroatoms. The quantitative estimate of drug-likeness (QED) is 0.943. The maximum atomic E-state index is 10.1. The summed E-state index contributed by atoms with van der Waals surface area (Å²) in [5.74, 6) is 0.744. The van der Waals surface area contributed by atoms with Crippen LogP contribution in [0.25, 0.3) is 0 Å². The van der Waals surface area contributed by atoms with Crippen LogP contribution in [0.3, 0.4) is 0 Å². The predicted octanol–water partition coefficient (Wildman–Crippen LogP) is 2.93. The van der Waals surface area contributed by atoms with Crippen molar-refractivity contribution in [2.24, 2.45) is 5.41 Å². The molecule has 0 saturated heterocycles. The smallest absolute Gasteiger partial charge is 0.154 e. The standard InChI is InChI=1S/C15H20ClN3O/c1-15(2,3)13(20)9-19-10-17-14(18-19)8-11-4-6-12(16)7-5-11/h4-7,10,13,20H,8-9H2,1-3H3. The third-order valence-electron chi connectivity index (χ3n) is 3.22. The summed E-state index contributed by atoms with van der Waals surface area (Å²) >= 11 is 5.86.